The van der Waals surface area contributed by atoms with Gasteiger partial charge in [0.15, 0.2) is 0 Å². The molecule has 0 atom stereocenters. The summed E-state index contributed by atoms with van der Waals surface area (Å²) in [5.41, 5.74) is 0. The van der Waals surface area contributed by atoms with Crippen LogP contribution in [0.3, 0.4) is 0 Å². The molecule has 7 heteroatoms. The first-order valence-corrected chi connectivity index (χ1v) is 0. The van der Waals surface area contributed by atoms with Gasteiger partial charge >= 0.3 is 257 Å². The molecule has 0 aromatic carbocycles. The van der Waals surface area contributed by atoms with Gasteiger partial charge in [-0.15, -0.1) is 48.0 Å². The fraction of sp³-hybridized carbons (Fsp3) is 0. The molecule has 0 saturated heterocycles. The Bertz CT molecular complexity index is 17.8. The zero-order valence-corrected chi connectivity index (χ0v) is 26.1. The minimum Gasteiger partial charge on any atom is -1.00 e. The quantitative estimate of drug-likeness (QED) is 0.251. The van der Waals surface area contributed by atoms with Crippen LogP contribution in [0.15, 0.2) is 0 Å². The van der Waals surface area contributed by atoms with E-state index in [1.165, 1.54) is 0 Å². The summed E-state index contributed by atoms with van der Waals surface area (Å²) in [6.07, 6.45) is 0. The van der Waals surface area contributed by atoms with E-state index < -0.39 is 0 Å². The number of rotatable bonds is 0. The van der Waals surface area contributed by atoms with Crippen LogP contribution in [0.5, 0.6) is 0 Å². The molecule has 0 bridgehead atoms. The van der Waals surface area contributed by atoms with E-state index in [1.807, 2.05) is 0 Å². The molecule has 0 aromatic heterocycles. The zero-order chi connectivity index (χ0) is 0. The van der Waals surface area contributed by atoms with Crippen molar-refractivity contribution in [2.75, 3.05) is 0 Å². The molecule has 0 aliphatic carbocycles. The van der Waals surface area contributed by atoms with Gasteiger partial charge in [-0.05, 0) is 0 Å². The van der Waals surface area contributed by atoms with Gasteiger partial charge in [-0.25, -0.2) is 0 Å². The maximum absolute atomic E-state index is 0. The standard InChI is InChI=1S/2HI.5K.5H/h2*1H;;;;;;;;;;/q;;5*+1;5*-1. The van der Waals surface area contributed by atoms with Gasteiger partial charge in [0, 0.05) is 0 Å². The van der Waals surface area contributed by atoms with Gasteiger partial charge < -0.3 is 7.13 Å². The van der Waals surface area contributed by atoms with E-state index in [0.717, 1.165) is 0 Å². The second kappa shape index (κ2) is 36.1. The summed E-state index contributed by atoms with van der Waals surface area (Å²) in [6.45, 7) is 0. The third-order valence-corrected chi connectivity index (χ3v) is 0. The van der Waals surface area contributed by atoms with Crippen LogP contribution in [-0.4, -0.2) is 0 Å². The fourth-order valence-electron chi connectivity index (χ4n) is 0. The van der Waals surface area contributed by atoms with Gasteiger partial charge in [0.2, 0.25) is 0 Å². The molecule has 0 heterocycles. The van der Waals surface area contributed by atoms with Crippen molar-refractivity contribution in [3.8, 4) is 0 Å². The van der Waals surface area contributed by atoms with Crippen molar-refractivity contribution >= 4 is 48.0 Å². The minimum atomic E-state index is 0. The van der Waals surface area contributed by atoms with Crippen molar-refractivity contribution in [1.82, 2.24) is 0 Å². The molecule has 0 radical (unpaired) electrons. The SMILES string of the molecule is I.I.[H-].[H-].[H-].[H-].[H-].[K+].[K+].[K+].[K+].[K+]. The maximum Gasteiger partial charge on any atom is 1.00 e. The van der Waals surface area contributed by atoms with Crippen molar-refractivity contribution < 1.29 is 264 Å². The Morgan fingerprint density at radius 2 is 0.429 bits per heavy atom. The molecule has 0 aromatic rings. The summed E-state index contributed by atoms with van der Waals surface area (Å²) in [5, 5.41) is 0. The molecule has 0 amide bonds. The van der Waals surface area contributed by atoms with Crippen molar-refractivity contribution in [3.05, 3.63) is 0 Å². The minimum absolute atomic E-state index is 0. The number of halogens is 2. The molecule has 0 spiro atoms. The molecular formula is H7I2K5. The molecule has 0 N–H and O–H groups in total. The van der Waals surface area contributed by atoms with Crippen LogP contribution in [0, 0.1) is 0 Å². The second-order valence-electron chi connectivity index (χ2n) is 0. The summed E-state index contributed by atoms with van der Waals surface area (Å²) in [5.74, 6) is 0. The Hall–Kier alpha value is 9.64. The van der Waals surface area contributed by atoms with Crippen LogP contribution in [0.4, 0.5) is 0 Å². The summed E-state index contributed by atoms with van der Waals surface area (Å²) >= 11 is 0. The topological polar surface area (TPSA) is 0 Å². The van der Waals surface area contributed by atoms with Gasteiger partial charge in [-0.1, -0.05) is 0 Å². The Labute approximate surface area is 300 Å². The molecule has 0 fully saturated rings. The molecule has 0 aliphatic heterocycles. The van der Waals surface area contributed by atoms with Crippen LogP contribution in [-0.2, 0) is 0 Å². The zero-order valence-electron chi connectivity index (χ0n) is 10.8. The predicted molar refractivity (Wildman–Crippen MR) is 36.4 cm³/mol. The predicted octanol–water partition coefficient (Wildman–Crippen LogP) is -13.2. The van der Waals surface area contributed by atoms with Crippen LogP contribution >= 0.6 is 48.0 Å². The van der Waals surface area contributed by atoms with E-state index in [-0.39, 0.29) is 312 Å². The molecule has 0 saturated carbocycles. The average molecular weight is 456 g/mol. The molecule has 26 valence electrons. The maximum atomic E-state index is 0. The molecule has 0 nitrogen and oxygen atoms in total. The molecular weight excluding hydrogens is 449 g/mol. The monoisotopic (exact) mass is 456 g/mol. The normalized spacial score (nSPS) is 0. The van der Waals surface area contributed by atoms with Crippen molar-refractivity contribution in [2.45, 2.75) is 0 Å². The van der Waals surface area contributed by atoms with Gasteiger partial charge in [0.1, 0.15) is 0 Å². The molecule has 0 rings (SSSR count). The van der Waals surface area contributed by atoms with Crippen molar-refractivity contribution in [1.29, 1.82) is 0 Å². The van der Waals surface area contributed by atoms with Crippen LogP contribution < -0.4 is 257 Å². The Morgan fingerprint density at radius 3 is 0.429 bits per heavy atom. The van der Waals surface area contributed by atoms with Crippen molar-refractivity contribution in [3.63, 3.8) is 0 Å². The van der Waals surface area contributed by atoms with Gasteiger partial charge in [0.05, 0.1) is 0 Å². The van der Waals surface area contributed by atoms with Crippen LogP contribution in [0.25, 0.3) is 0 Å². The first kappa shape index (κ1) is 43.8. The Balaban J connectivity index is 0. The average Bonchev–Trinajstić information content (AvgIpc) is 0. The molecule has 0 aliphatic rings. The van der Waals surface area contributed by atoms with Crippen LogP contribution in [0.2, 0.25) is 0 Å². The van der Waals surface area contributed by atoms with E-state index in [0.29, 0.717) is 0 Å². The smallest absolute Gasteiger partial charge is 1.00 e. The summed E-state index contributed by atoms with van der Waals surface area (Å²) in [7, 11) is 0. The second-order valence-corrected chi connectivity index (χ2v) is 0. The molecule has 7 heavy (non-hydrogen) atoms. The van der Waals surface area contributed by atoms with Crippen molar-refractivity contribution in [2.24, 2.45) is 0 Å². The van der Waals surface area contributed by atoms with Gasteiger partial charge in [0.25, 0.3) is 0 Å². The van der Waals surface area contributed by atoms with Gasteiger partial charge in [-0.2, -0.15) is 0 Å². The first-order chi connectivity index (χ1) is 0. The van der Waals surface area contributed by atoms with Crippen LogP contribution in [0.1, 0.15) is 7.13 Å². The number of hydrogen-bond acceptors (Lipinski definition) is 0. The first-order valence-electron chi connectivity index (χ1n) is 0. The Kier molecular flexibility index (Phi) is 226. The largest absolute Gasteiger partial charge is 1.00 e. The van der Waals surface area contributed by atoms with E-state index in [2.05, 4.69) is 0 Å². The Morgan fingerprint density at radius 1 is 0.429 bits per heavy atom. The summed E-state index contributed by atoms with van der Waals surface area (Å²) in [4.78, 5) is 0. The van der Waals surface area contributed by atoms with E-state index in [1.54, 1.807) is 0 Å². The molecule has 0 unspecified atom stereocenters. The fourth-order valence-corrected chi connectivity index (χ4v) is 0. The van der Waals surface area contributed by atoms with E-state index >= 15 is 0 Å². The third kappa shape index (κ3) is 31.3. The van der Waals surface area contributed by atoms with Gasteiger partial charge in [-0.3, -0.25) is 0 Å². The van der Waals surface area contributed by atoms with E-state index in [9.17, 15) is 0 Å². The third-order valence-electron chi connectivity index (χ3n) is 0. The number of hydrogen-bond donors (Lipinski definition) is 0. The summed E-state index contributed by atoms with van der Waals surface area (Å²) < 4.78 is 0. The summed E-state index contributed by atoms with van der Waals surface area (Å²) in [6, 6.07) is 0. The van der Waals surface area contributed by atoms with E-state index in [4.69, 9.17) is 0 Å².